The van der Waals surface area contributed by atoms with Crippen LogP contribution in [0.3, 0.4) is 0 Å². The van der Waals surface area contributed by atoms with E-state index in [2.05, 4.69) is 0 Å². The second-order valence-corrected chi connectivity index (χ2v) is 9.77. The SMILES string of the molecule is COc1ccc(C(=O)Oc2ccc(C(=O)Oc3cccc(OC(=O)c4ccc(OC(=O)c5ccc(OC)cc5)cc4F)c3)c(F)c2)cc1. The van der Waals surface area contributed by atoms with E-state index >= 15 is 0 Å². The summed E-state index contributed by atoms with van der Waals surface area (Å²) in [6, 6.07) is 23.7. The Balaban J connectivity index is 1.19. The van der Waals surface area contributed by atoms with E-state index in [1.54, 1.807) is 24.3 Å². The number of esters is 4. The lowest BCUT2D eigenvalue weighted by Gasteiger charge is -2.10. The molecule has 0 amide bonds. The molecule has 0 heterocycles. The third-order valence-electron chi connectivity index (χ3n) is 6.62. The van der Waals surface area contributed by atoms with E-state index in [9.17, 15) is 28.0 Å². The molecule has 0 spiro atoms. The van der Waals surface area contributed by atoms with Crippen LogP contribution in [0.2, 0.25) is 0 Å². The first-order valence-electron chi connectivity index (χ1n) is 14.0. The van der Waals surface area contributed by atoms with E-state index in [1.165, 1.54) is 74.9 Å². The molecule has 5 aromatic rings. The molecule has 0 saturated heterocycles. The van der Waals surface area contributed by atoms with Gasteiger partial charge in [0, 0.05) is 18.2 Å². The Morgan fingerprint density at radius 1 is 0.417 bits per heavy atom. The molecule has 48 heavy (non-hydrogen) atoms. The zero-order valence-electron chi connectivity index (χ0n) is 25.2. The quantitative estimate of drug-likeness (QED) is 0.117. The number of rotatable bonds is 10. The minimum absolute atomic E-state index is 0.110. The molecule has 0 aliphatic heterocycles. The lowest BCUT2D eigenvalue weighted by atomic mass is 10.2. The second kappa shape index (κ2) is 14.7. The summed E-state index contributed by atoms with van der Waals surface area (Å²) < 4.78 is 60.5. The van der Waals surface area contributed by atoms with Crippen LogP contribution >= 0.6 is 0 Å². The number of ether oxygens (including phenoxy) is 6. The molecule has 0 fully saturated rings. The summed E-state index contributed by atoms with van der Waals surface area (Å²) in [7, 11) is 2.96. The number of carbonyl (C=O) groups excluding carboxylic acids is 4. The Morgan fingerprint density at radius 3 is 1.10 bits per heavy atom. The van der Waals surface area contributed by atoms with Gasteiger partial charge in [-0.2, -0.15) is 0 Å². The fourth-order valence-corrected chi connectivity index (χ4v) is 4.16. The summed E-state index contributed by atoms with van der Waals surface area (Å²) in [6.07, 6.45) is 0. The van der Waals surface area contributed by atoms with Gasteiger partial charge in [-0.25, -0.2) is 28.0 Å². The van der Waals surface area contributed by atoms with Gasteiger partial charge in [0.2, 0.25) is 0 Å². The molecule has 242 valence electrons. The van der Waals surface area contributed by atoms with Crippen molar-refractivity contribution >= 4 is 23.9 Å². The Morgan fingerprint density at radius 2 is 0.750 bits per heavy atom. The van der Waals surface area contributed by atoms with Gasteiger partial charge in [-0.05, 0) is 84.9 Å². The zero-order valence-corrected chi connectivity index (χ0v) is 25.2. The topological polar surface area (TPSA) is 124 Å². The molecule has 5 rings (SSSR count). The maximum Gasteiger partial charge on any atom is 0.346 e. The van der Waals surface area contributed by atoms with E-state index in [1.807, 2.05) is 0 Å². The van der Waals surface area contributed by atoms with Crippen molar-refractivity contribution in [2.75, 3.05) is 14.2 Å². The molecule has 0 aliphatic carbocycles. The molecule has 0 unspecified atom stereocenters. The van der Waals surface area contributed by atoms with Gasteiger partial charge in [0.15, 0.2) is 0 Å². The molecule has 0 bridgehead atoms. The molecule has 0 aromatic heterocycles. The highest BCUT2D eigenvalue weighted by molar-refractivity contribution is 5.94. The highest BCUT2D eigenvalue weighted by Gasteiger charge is 2.20. The van der Waals surface area contributed by atoms with Crippen LogP contribution in [0.4, 0.5) is 8.78 Å². The van der Waals surface area contributed by atoms with Crippen LogP contribution in [0.25, 0.3) is 0 Å². The van der Waals surface area contributed by atoms with Gasteiger partial charge < -0.3 is 28.4 Å². The summed E-state index contributed by atoms with van der Waals surface area (Å²) in [4.78, 5) is 50.1. The van der Waals surface area contributed by atoms with E-state index < -0.39 is 46.6 Å². The van der Waals surface area contributed by atoms with Gasteiger partial charge in [-0.15, -0.1) is 0 Å². The molecule has 0 atom stereocenters. The predicted molar refractivity (Wildman–Crippen MR) is 165 cm³/mol. The first-order valence-corrected chi connectivity index (χ1v) is 14.0. The van der Waals surface area contributed by atoms with Gasteiger partial charge in [-0.3, -0.25) is 0 Å². The third-order valence-corrected chi connectivity index (χ3v) is 6.62. The molecule has 0 N–H and O–H groups in total. The third kappa shape index (κ3) is 7.98. The van der Waals surface area contributed by atoms with Crippen molar-refractivity contribution in [3.63, 3.8) is 0 Å². The Hall–Kier alpha value is -6.56. The van der Waals surface area contributed by atoms with E-state index in [4.69, 9.17) is 28.4 Å². The van der Waals surface area contributed by atoms with Crippen LogP contribution in [-0.2, 0) is 0 Å². The smallest absolute Gasteiger partial charge is 0.346 e. The summed E-state index contributed by atoms with van der Waals surface area (Å²) in [5.74, 6) is -5.14. The Kier molecular flexibility index (Phi) is 10.0. The van der Waals surface area contributed by atoms with E-state index in [0.717, 1.165) is 24.3 Å². The largest absolute Gasteiger partial charge is 0.497 e. The average Bonchev–Trinajstić information content (AvgIpc) is 3.08. The normalized spacial score (nSPS) is 10.4. The van der Waals surface area contributed by atoms with E-state index in [-0.39, 0.29) is 34.1 Å². The van der Waals surface area contributed by atoms with Gasteiger partial charge in [0.1, 0.15) is 46.1 Å². The minimum atomic E-state index is -1.09. The number of hydrogen-bond acceptors (Lipinski definition) is 10. The number of carbonyl (C=O) groups is 4. The van der Waals surface area contributed by atoms with Crippen LogP contribution in [-0.4, -0.2) is 38.1 Å². The number of benzene rings is 5. The van der Waals surface area contributed by atoms with Gasteiger partial charge >= 0.3 is 23.9 Å². The molecule has 12 heteroatoms. The van der Waals surface area contributed by atoms with Crippen LogP contribution in [0.15, 0.2) is 109 Å². The summed E-state index contributed by atoms with van der Waals surface area (Å²) in [5, 5.41) is 0. The summed E-state index contributed by atoms with van der Waals surface area (Å²) in [5.41, 5.74) is -0.523. The zero-order chi connectivity index (χ0) is 34.2. The Labute approximate surface area is 272 Å². The number of halogens is 2. The van der Waals surface area contributed by atoms with Crippen LogP contribution in [0, 0.1) is 11.6 Å². The van der Waals surface area contributed by atoms with Crippen molar-refractivity contribution in [1.29, 1.82) is 0 Å². The molecule has 0 aliphatic rings. The van der Waals surface area contributed by atoms with Crippen molar-refractivity contribution < 1.29 is 56.4 Å². The first kappa shape index (κ1) is 32.8. The highest BCUT2D eigenvalue weighted by Crippen LogP contribution is 2.25. The highest BCUT2D eigenvalue weighted by atomic mass is 19.1. The van der Waals surface area contributed by atoms with E-state index in [0.29, 0.717) is 11.5 Å². The summed E-state index contributed by atoms with van der Waals surface area (Å²) in [6.45, 7) is 0. The fourth-order valence-electron chi connectivity index (χ4n) is 4.16. The molecule has 0 saturated carbocycles. The van der Waals surface area contributed by atoms with Crippen molar-refractivity contribution in [3.8, 4) is 34.5 Å². The number of hydrogen-bond donors (Lipinski definition) is 0. The first-order chi connectivity index (χ1) is 23.1. The standard InChI is InChI=1S/C36H24F2O10/c1-43-23-10-6-21(7-11-23)33(39)45-27-14-16-29(31(37)19-27)35(41)47-25-4-3-5-26(18-25)48-36(42)30-17-15-28(20-32(30)38)46-34(40)22-8-12-24(44-2)13-9-22/h3-20H,1-2H3. The Bertz CT molecular complexity index is 1850. The monoisotopic (exact) mass is 654 g/mol. The molecular formula is C36H24F2O10. The average molecular weight is 655 g/mol. The maximum atomic E-state index is 14.8. The summed E-state index contributed by atoms with van der Waals surface area (Å²) >= 11 is 0. The molecule has 10 nitrogen and oxygen atoms in total. The molecular weight excluding hydrogens is 630 g/mol. The maximum absolute atomic E-state index is 14.8. The minimum Gasteiger partial charge on any atom is -0.497 e. The van der Waals surface area contributed by atoms with Gasteiger partial charge in [0.25, 0.3) is 0 Å². The molecule has 0 radical (unpaired) electrons. The predicted octanol–water partition coefficient (Wildman–Crippen LogP) is 6.86. The van der Waals surface area contributed by atoms with Crippen molar-refractivity contribution in [3.05, 3.63) is 143 Å². The van der Waals surface area contributed by atoms with Gasteiger partial charge in [-0.1, -0.05) is 6.07 Å². The second-order valence-electron chi connectivity index (χ2n) is 9.77. The van der Waals surface area contributed by atoms with Gasteiger partial charge in [0.05, 0.1) is 36.5 Å². The molecule has 5 aromatic carbocycles. The number of methoxy groups -OCH3 is 2. The fraction of sp³-hybridized carbons (Fsp3) is 0.0556. The van der Waals surface area contributed by atoms with Crippen LogP contribution in [0.1, 0.15) is 41.4 Å². The lowest BCUT2D eigenvalue weighted by molar-refractivity contribution is 0.0720. The van der Waals surface area contributed by atoms with Crippen LogP contribution in [0.5, 0.6) is 34.5 Å². The van der Waals surface area contributed by atoms with Crippen molar-refractivity contribution in [2.45, 2.75) is 0 Å². The van der Waals surface area contributed by atoms with Crippen LogP contribution < -0.4 is 28.4 Å². The van der Waals surface area contributed by atoms with Crippen molar-refractivity contribution in [1.82, 2.24) is 0 Å². The van der Waals surface area contributed by atoms with Crippen molar-refractivity contribution in [2.24, 2.45) is 0 Å². The lowest BCUT2D eigenvalue weighted by Crippen LogP contribution is -2.13.